The third-order valence-electron chi connectivity index (χ3n) is 6.63. The lowest BCUT2D eigenvalue weighted by Gasteiger charge is -2.36. The van der Waals surface area contributed by atoms with Gasteiger partial charge in [0.1, 0.15) is 5.82 Å². The summed E-state index contributed by atoms with van der Waals surface area (Å²) < 4.78 is 13.1. The van der Waals surface area contributed by atoms with Crippen LogP contribution in [0.3, 0.4) is 0 Å². The summed E-state index contributed by atoms with van der Waals surface area (Å²) >= 11 is 0. The van der Waals surface area contributed by atoms with E-state index in [2.05, 4.69) is 65.1 Å². The number of nitrogens with one attached hydrogen (secondary N) is 2. The summed E-state index contributed by atoms with van der Waals surface area (Å²) in [7, 11) is 0. The van der Waals surface area contributed by atoms with Crippen LogP contribution >= 0.6 is 0 Å². The van der Waals surface area contributed by atoms with E-state index >= 15 is 0 Å². The van der Waals surface area contributed by atoms with E-state index in [1.54, 1.807) is 0 Å². The molecule has 2 fully saturated rings. The van der Waals surface area contributed by atoms with E-state index < -0.39 is 0 Å². The van der Waals surface area contributed by atoms with Crippen LogP contribution in [0.2, 0.25) is 0 Å². The molecule has 0 spiro atoms. The summed E-state index contributed by atoms with van der Waals surface area (Å²) in [6, 6.07) is 17.3. The van der Waals surface area contributed by atoms with Crippen molar-refractivity contribution in [3.05, 3.63) is 77.8 Å². The molecule has 0 aliphatic carbocycles. The van der Waals surface area contributed by atoms with E-state index in [1.807, 2.05) is 12.1 Å². The predicted molar refractivity (Wildman–Crippen MR) is 131 cm³/mol. The van der Waals surface area contributed by atoms with Crippen LogP contribution in [0.4, 0.5) is 10.1 Å². The number of allylic oxidation sites excluding steroid dienone is 1. The van der Waals surface area contributed by atoms with Crippen molar-refractivity contribution in [3.63, 3.8) is 0 Å². The molecule has 0 aromatic heterocycles. The van der Waals surface area contributed by atoms with Gasteiger partial charge in [-0.1, -0.05) is 30.8 Å². The predicted octanol–water partition coefficient (Wildman–Crippen LogP) is 4.64. The van der Waals surface area contributed by atoms with Crippen LogP contribution < -0.4 is 10.6 Å². The molecular weight excluding hydrogens is 399 g/mol. The number of halogens is 1. The topological polar surface area (TPSA) is 30.5 Å². The molecule has 2 aliphatic rings. The molecule has 2 aromatic carbocycles. The average molecular weight is 437 g/mol. The number of rotatable bonds is 7. The maximum atomic E-state index is 13.1. The summed E-state index contributed by atoms with van der Waals surface area (Å²) in [6.07, 6.45) is 3.03. The molecule has 4 rings (SSSR count). The van der Waals surface area contributed by atoms with Gasteiger partial charge in [0, 0.05) is 68.7 Å². The lowest BCUT2D eigenvalue weighted by molar-refractivity contribution is 0.166. The highest BCUT2D eigenvalue weighted by Gasteiger charge is 2.21. The number of anilines is 1. The Hall–Kier alpha value is -2.37. The van der Waals surface area contributed by atoms with Gasteiger partial charge < -0.3 is 15.5 Å². The van der Waals surface area contributed by atoms with Crippen molar-refractivity contribution in [3.8, 4) is 0 Å². The van der Waals surface area contributed by atoms with Crippen molar-refractivity contribution < 1.29 is 4.39 Å². The van der Waals surface area contributed by atoms with Crippen molar-refractivity contribution in [1.82, 2.24) is 15.1 Å². The lowest BCUT2D eigenvalue weighted by Crippen LogP contribution is -2.53. The van der Waals surface area contributed by atoms with Gasteiger partial charge in [-0.15, -0.1) is 0 Å². The number of piperazine rings is 1. The van der Waals surface area contributed by atoms with E-state index in [4.69, 9.17) is 0 Å². The number of likely N-dealkylation sites (tertiary alicyclic amines) is 1. The van der Waals surface area contributed by atoms with Crippen LogP contribution in [0.25, 0.3) is 0 Å². The first kappa shape index (κ1) is 22.8. The zero-order valence-electron chi connectivity index (χ0n) is 19.5. The van der Waals surface area contributed by atoms with Crippen molar-refractivity contribution >= 4 is 5.69 Å². The number of benzene rings is 2. The first-order valence-corrected chi connectivity index (χ1v) is 12.0. The first-order chi connectivity index (χ1) is 15.4. The highest BCUT2D eigenvalue weighted by Crippen LogP contribution is 2.21. The zero-order chi connectivity index (χ0) is 22.5. The molecular formula is C27H37FN4. The summed E-state index contributed by atoms with van der Waals surface area (Å²) in [4.78, 5) is 4.96. The highest BCUT2D eigenvalue weighted by molar-refractivity contribution is 5.43. The van der Waals surface area contributed by atoms with Gasteiger partial charge in [0.25, 0.3) is 0 Å². The molecule has 0 amide bonds. The molecule has 2 saturated heterocycles. The second kappa shape index (κ2) is 10.5. The maximum absolute atomic E-state index is 13.1. The molecule has 2 unspecified atom stereocenters. The molecule has 2 heterocycles. The Morgan fingerprint density at radius 3 is 2.19 bits per heavy atom. The third kappa shape index (κ3) is 6.33. The molecule has 0 saturated carbocycles. The molecule has 2 aliphatic heterocycles. The van der Waals surface area contributed by atoms with Crippen LogP contribution in [-0.4, -0.2) is 54.1 Å². The minimum absolute atomic E-state index is 0.192. The largest absolute Gasteiger partial charge is 0.382 e. The number of hydrogen-bond acceptors (Lipinski definition) is 4. The van der Waals surface area contributed by atoms with Gasteiger partial charge in [-0.25, -0.2) is 4.39 Å². The summed E-state index contributed by atoms with van der Waals surface area (Å²) in [5.41, 5.74) is 4.90. The van der Waals surface area contributed by atoms with Crippen molar-refractivity contribution in [2.75, 3.05) is 31.5 Å². The number of nitrogens with zero attached hydrogens (tertiary/aromatic N) is 2. The van der Waals surface area contributed by atoms with Crippen LogP contribution in [0.15, 0.2) is 60.8 Å². The number of piperidine rings is 1. The van der Waals surface area contributed by atoms with Crippen molar-refractivity contribution in [2.45, 2.75) is 57.8 Å². The summed E-state index contributed by atoms with van der Waals surface area (Å²) in [5, 5.41) is 7.13. The van der Waals surface area contributed by atoms with Crippen molar-refractivity contribution in [1.29, 1.82) is 0 Å². The van der Waals surface area contributed by atoms with E-state index in [0.29, 0.717) is 18.1 Å². The highest BCUT2D eigenvalue weighted by atomic mass is 19.1. The molecule has 4 nitrogen and oxygen atoms in total. The van der Waals surface area contributed by atoms with E-state index in [-0.39, 0.29) is 5.82 Å². The van der Waals surface area contributed by atoms with Gasteiger partial charge in [-0.2, -0.15) is 0 Å². The first-order valence-electron chi connectivity index (χ1n) is 12.0. The monoisotopic (exact) mass is 436 g/mol. The Morgan fingerprint density at radius 2 is 1.56 bits per heavy atom. The SMILES string of the molecule is C=C(Cc1ccc(CN2CC(C)NC(C)C2)cc1)N1CCC(Nc2ccc(F)cc2)CC1. The molecule has 172 valence electrons. The molecule has 5 heteroatoms. The fraction of sp³-hybridized carbons (Fsp3) is 0.481. The molecule has 0 bridgehead atoms. The van der Waals surface area contributed by atoms with Gasteiger partial charge in [0.2, 0.25) is 0 Å². The lowest BCUT2D eigenvalue weighted by atomic mass is 10.0. The molecule has 0 radical (unpaired) electrons. The van der Waals surface area contributed by atoms with E-state index in [9.17, 15) is 4.39 Å². The fourth-order valence-corrected chi connectivity index (χ4v) is 5.06. The van der Waals surface area contributed by atoms with Gasteiger partial charge in [-0.3, -0.25) is 4.90 Å². The summed E-state index contributed by atoms with van der Waals surface area (Å²) in [6.45, 7) is 14.1. The van der Waals surface area contributed by atoms with Crippen LogP contribution in [-0.2, 0) is 13.0 Å². The van der Waals surface area contributed by atoms with Crippen molar-refractivity contribution in [2.24, 2.45) is 0 Å². The van der Waals surface area contributed by atoms with Crippen LogP contribution in [0.1, 0.15) is 37.8 Å². The third-order valence-corrected chi connectivity index (χ3v) is 6.63. The Morgan fingerprint density at radius 1 is 0.969 bits per heavy atom. The standard InChI is InChI=1S/C27H37FN4/c1-20-17-31(18-21(2)29-20)19-24-6-4-23(5-7-24)16-22(3)32-14-12-27(13-15-32)30-26-10-8-25(28)9-11-26/h4-11,20-21,27,29-30H,3,12-19H2,1-2H3. The Bertz CT molecular complexity index is 862. The molecule has 2 N–H and O–H groups in total. The van der Waals surface area contributed by atoms with Gasteiger partial charge in [0.15, 0.2) is 0 Å². The van der Waals surface area contributed by atoms with Crippen LogP contribution in [0, 0.1) is 5.82 Å². The minimum atomic E-state index is -0.192. The van der Waals surface area contributed by atoms with E-state index in [1.165, 1.54) is 29.0 Å². The Kier molecular flexibility index (Phi) is 7.48. The normalized spacial score (nSPS) is 22.7. The fourth-order valence-electron chi connectivity index (χ4n) is 5.06. The minimum Gasteiger partial charge on any atom is -0.382 e. The van der Waals surface area contributed by atoms with Gasteiger partial charge >= 0.3 is 0 Å². The molecule has 2 atom stereocenters. The Balaban J connectivity index is 1.22. The van der Waals surface area contributed by atoms with Gasteiger partial charge in [0.05, 0.1) is 0 Å². The maximum Gasteiger partial charge on any atom is 0.123 e. The summed E-state index contributed by atoms with van der Waals surface area (Å²) in [5.74, 6) is -0.192. The zero-order valence-corrected chi connectivity index (χ0v) is 19.5. The number of hydrogen-bond donors (Lipinski definition) is 2. The average Bonchev–Trinajstić information content (AvgIpc) is 2.76. The smallest absolute Gasteiger partial charge is 0.123 e. The second-order valence-corrected chi connectivity index (χ2v) is 9.63. The second-order valence-electron chi connectivity index (χ2n) is 9.63. The van der Waals surface area contributed by atoms with Gasteiger partial charge in [-0.05, 0) is 62.1 Å². The molecule has 32 heavy (non-hydrogen) atoms. The molecule has 2 aromatic rings. The Labute approximate surface area is 192 Å². The van der Waals surface area contributed by atoms with E-state index in [0.717, 1.165) is 57.7 Å². The van der Waals surface area contributed by atoms with Crippen LogP contribution in [0.5, 0.6) is 0 Å². The quantitative estimate of drug-likeness (QED) is 0.662.